The van der Waals surface area contributed by atoms with Gasteiger partial charge in [-0.1, -0.05) is 0 Å². The number of aliphatic carboxylic acids is 1. The number of rotatable bonds is 6. The van der Waals surface area contributed by atoms with Gasteiger partial charge in [0.2, 0.25) is 10.0 Å². The van der Waals surface area contributed by atoms with Crippen LogP contribution in [-0.2, 0) is 19.6 Å². The smallest absolute Gasteiger partial charge is 0.338 e. The van der Waals surface area contributed by atoms with Crippen molar-refractivity contribution in [2.45, 2.75) is 24.8 Å². The second-order valence-corrected chi connectivity index (χ2v) is 5.79. The van der Waals surface area contributed by atoms with Crippen molar-refractivity contribution in [2.75, 3.05) is 6.61 Å². The van der Waals surface area contributed by atoms with E-state index in [4.69, 9.17) is 5.11 Å². The van der Waals surface area contributed by atoms with Crippen LogP contribution in [0.25, 0.3) is 0 Å². The van der Waals surface area contributed by atoms with Crippen molar-refractivity contribution in [3.8, 4) is 0 Å². The van der Waals surface area contributed by atoms with Gasteiger partial charge in [-0.25, -0.2) is 17.6 Å². The molecule has 0 fully saturated rings. The highest BCUT2D eigenvalue weighted by molar-refractivity contribution is 7.89. The van der Waals surface area contributed by atoms with Crippen molar-refractivity contribution in [3.05, 3.63) is 29.6 Å². The van der Waals surface area contributed by atoms with Gasteiger partial charge in [-0.15, -0.1) is 0 Å². The third kappa shape index (κ3) is 4.50. The van der Waals surface area contributed by atoms with Gasteiger partial charge < -0.3 is 9.84 Å². The SMILES string of the molecule is CCOC(=O)c1cc(F)cc(S(=O)(=O)N[C@H](C)C(=O)O)c1. The quantitative estimate of drug-likeness (QED) is 0.749. The lowest BCUT2D eigenvalue weighted by Gasteiger charge is -2.11. The molecule has 1 atom stereocenters. The molecule has 116 valence electrons. The zero-order chi connectivity index (χ0) is 16.2. The molecule has 0 saturated carbocycles. The highest BCUT2D eigenvalue weighted by atomic mass is 32.2. The van der Waals surface area contributed by atoms with Gasteiger partial charge in [0, 0.05) is 0 Å². The van der Waals surface area contributed by atoms with Crippen LogP contribution in [-0.4, -0.2) is 38.1 Å². The molecule has 0 saturated heterocycles. The van der Waals surface area contributed by atoms with Crippen molar-refractivity contribution in [1.82, 2.24) is 4.72 Å². The molecular weight excluding hydrogens is 305 g/mol. The van der Waals surface area contributed by atoms with E-state index in [1.54, 1.807) is 6.92 Å². The Balaban J connectivity index is 3.18. The average molecular weight is 319 g/mol. The fourth-order valence-corrected chi connectivity index (χ4v) is 2.65. The summed E-state index contributed by atoms with van der Waals surface area (Å²) in [6.45, 7) is 2.71. The number of benzene rings is 1. The number of sulfonamides is 1. The van der Waals surface area contributed by atoms with E-state index in [0.717, 1.165) is 19.1 Å². The summed E-state index contributed by atoms with van der Waals surface area (Å²) in [6, 6.07) is 1.03. The molecule has 0 aliphatic carbocycles. The third-order valence-corrected chi connectivity index (χ3v) is 3.92. The van der Waals surface area contributed by atoms with Crippen molar-refractivity contribution in [3.63, 3.8) is 0 Å². The number of esters is 1. The van der Waals surface area contributed by atoms with Crippen molar-refractivity contribution in [1.29, 1.82) is 0 Å². The molecular formula is C12H14FNO6S. The maximum absolute atomic E-state index is 13.4. The zero-order valence-electron chi connectivity index (χ0n) is 11.3. The van der Waals surface area contributed by atoms with Gasteiger partial charge in [0.15, 0.2) is 0 Å². The van der Waals surface area contributed by atoms with E-state index < -0.39 is 38.7 Å². The minimum Gasteiger partial charge on any atom is -0.480 e. The molecule has 0 amide bonds. The van der Waals surface area contributed by atoms with E-state index in [1.165, 1.54) is 0 Å². The molecule has 0 unspecified atom stereocenters. The fourth-order valence-electron chi connectivity index (χ4n) is 1.40. The number of hydrogen-bond acceptors (Lipinski definition) is 5. The highest BCUT2D eigenvalue weighted by Crippen LogP contribution is 2.16. The molecule has 1 aromatic rings. The number of hydrogen-bond donors (Lipinski definition) is 2. The summed E-state index contributed by atoms with van der Waals surface area (Å²) in [5.74, 6) is -3.22. The van der Waals surface area contributed by atoms with Crippen LogP contribution in [0.4, 0.5) is 4.39 Å². The highest BCUT2D eigenvalue weighted by Gasteiger charge is 2.23. The molecule has 0 aliphatic heterocycles. The predicted octanol–water partition coefficient (Wildman–Crippen LogP) is 0.754. The van der Waals surface area contributed by atoms with Crippen LogP contribution in [0.15, 0.2) is 23.1 Å². The van der Waals surface area contributed by atoms with E-state index in [9.17, 15) is 22.4 Å². The molecule has 7 nitrogen and oxygen atoms in total. The molecule has 1 rings (SSSR count). The monoisotopic (exact) mass is 319 g/mol. The maximum atomic E-state index is 13.4. The Morgan fingerprint density at radius 1 is 1.38 bits per heavy atom. The van der Waals surface area contributed by atoms with Crippen LogP contribution in [0.5, 0.6) is 0 Å². The second kappa shape index (κ2) is 6.64. The number of halogens is 1. The van der Waals surface area contributed by atoms with Gasteiger partial charge >= 0.3 is 11.9 Å². The Bertz CT molecular complexity index is 658. The van der Waals surface area contributed by atoms with Gasteiger partial charge in [0.25, 0.3) is 0 Å². The second-order valence-electron chi connectivity index (χ2n) is 4.08. The molecule has 0 spiro atoms. The largest absolute Gasteiger partial charge is 0.480 e. The Hall–Kier alpha value is -2.00. The number of nitrogens with one attached hydrogen (secondary N) is 1. The first-order valence-corrected chi connectivity index (χ1v) is 7.38. The Labute approximate surface area is 120 Å². The van der Waals surface area contributed by atoms with Crippen molar-refractivity contribution >= 4 is 22.0 Å². The van der Waals surface area contributed by atoms with Gasteiger partial charge in [-0.2, -0.15) is 4.72 Å². The first kappa shape index (κ1) is 17.1. The number of ether oxygens (including phenoxy) is 1. The van der Waals surface area contributed by atoms with E-state index in [0.29, 0.717) is 6.07 Å². The summed E-state index contributed by atoms with van der Waals surface area (Å²) in [4.78, 5) is 21.6. The van der Waals surface area contributed by atoms with Gasteiger partial charge in [0.1, 0.15) is 11.9 Å². The lowest BCUT2D eigenvalue weighted by Crippen LogP contribution is -2.38. The van der Waals surface area contributed by atoms with Gasteiger partial charge in [-0.3, -0.25) is 4.79 Å². The third-order valence-electron chi connectivity index (χ3n) is 2.40. The summed E-state index contributed by atoms with van der Waals surface area (Å²) in [5.41, 5.74) is -0.278. The number of carbonyl (C=O) groups is 2. The molecule has 2 N–H and O–H groups in total. The van der Waals surface area contributed by atoms with E-state index in [1.807, 2.05) is 4.72 Å². The minimum atomic E-state index is -4.28. The zero-order valence-corrected chi connectivity index (χ0v) is 12.1. The molecule has 0 aliphatic rings. The standard InChI is InChI=1S/C12H14FNO6S/c1-3-20-12(17)8-4-9(13)6-10(5-8)21(18,19)14-7(2)11(15)16/h4-7,14H,3H2,1-2H3,(H,15,16)/t7-/m1/s1. The normalized spacial score (nSPS) is 12.7. The predicted molar refractivity (Wildman–Crippen MR) is 69.8 cm³/mol. The number of carboxylic acids is 1. The fraction of sp³-hybridized carbons (Fsp3) is 0.333. The maximum Gasteiger partial charge on any atom is 0.338 e. The van der Waals surface area contributed by atoms with Crippen molar-refractivity contribution < 1.29 is 32.2 Å². The van der Waals surface area contributed by atoms with E-state index in [-0.39, 0.29) is 12.2 Å². The molecule has 21 heavy (non-hydrogen) atoms. The van der Waals surface area contributed by atoms with Crippen LogP contribution in [0.3, 0.4) is 0 Å². The van der Waals surface area contributed by atoms with Crippen LogP contribution in [0.1, 0.15) is 24.2 Å². The van der Waals surface area contributed by atoms with Crippen molar-refractivity contribution in [2.24, 2.45) is 0 Å². The summed E-state index contributed by atoms with van der Waals surface area (Å²) < 4.78 is 43.8. The van der Waals surface area contributed by atoms with Crippen LogP contribution < -0.4 is 4.72 Å². The van der Waals surface area contributed by atoms with Crippen LogP contribution >= 0.6 is 0 Å². The van der Waals surface area contributed by atoms with E-state index >= 15 is 0 Å². The summed E-state index contributed by atoms with van der Waals surface area (Å²) in [6.07, 6.45) is 0. The topological polar surface area (TPSA) is 110 Å². The Morgan fingerprint density at radius 3 is 2.52 bits per heavy atom. The number of carboxylic acid groups (broad SMARTS) is 1. The summed E-state index contributed by atoms with van der Waals surface area (Å²) in [5, 5.41) is 8.68. The molecule has 0 radical (unpaired) electrons. The lowest BCUT2D eigenvalue weighted by atomic mass is 10.2. The molecule has 0 heterocycles. The van der Waals surface area contributed by atoms with Gasteiger partial charge in [-0.05, 0) is 32.0 Å². The van der Waals surface area contributed by atoms with Gasteiger partial charge in [0.05, 0.1) is 17.1 Å². The summed E-state index contributed by atoms with van der Waals surface area (Å²) in [7, 11) is -4.28. The first-order valence-electron chi connectivity index (χ1n) is 5.90. The van der Waals surface area contributed by atoms with Crippen LogP contribution in [0.2, 0.25) is 0 Å². The lowest BCUT2D eigenvalue weighted by molar-refractivity contribution is -0.138. The summed E-state index contributed by atoms with van der Waals surface area (Å²) >= 11 is 0. The molecule has 0 bridgehead atoms. The van der Waals surface area contributed by atoms with Crippen LogP contribution in [0, 0.1) is 5.82 Å². The Kier molecular flexibility index (Phi) is 5.39. The number of carbonyl (C=O) groups excluding carboxylic acids is 1. The molecule has 1 aromatic carbocycles. The molecule has 0 aromatic heterocycles. The average Bonchev–Trinajstić information content (AvgIpc) is 2.37. The van der Waals surface area contributed by atoms with E-state index in [2.05, 4.69) is 4.74 Å². The Morgan fingerprint density at radius 2 is 2.00 bits per heavy atom. The molecule has 9 heteroatoms. The minimum absolute atomic E-state index is 0.0473. The first-order chi connectivity index (χ1) is 9.67.